The lowest BCUT2D eigenvalue weighted by Gasteiger charge is -2.21. The van der Waals surface area contributed by atoms with Gasteiger partial charge in [-0.2, -0.15) is 5.26 Å². The molecule has 0 spiro atoms. The Hall–Kier alpha value is -2.91. The Morgan fingerprint density at radius 2 is 1.92 bits per heavy atom. The fraction of sp³-hybridized carbons (Fsp3) is 0.111. The number of fused-ring (bicyclic) bond motifs is 1. The Morgan fingerprint density at radius 3 is 2.71 bits per heavy atom. The van der Waals surface area contributed by atoms with Crippen LogP contribution in [-0.2, 0) is 15.8 Å². The Labute approximate surface area is 140 Å². The largest absolute Gasteiger partial charge is 0.272 e. The van der Waals surface area contributed by atoms with E-state index in [1.165, 1.54) is 11.4 Å². The summed E-state index contributed by atoms with van der Waals surface area (Å²) in [6.45, 7) is 0. The van der Waals surface area contributed by atoms with Crippen molar-refractivity contribution in [3.63, 3.8) is 0 Å². The average molecular weight is 337 g/mol. The van der Waals surface area contributed by atoms with E-state index < -0.39 is 10.0 Å². The van der Waals surface area contributed by atoms with Crippen molar-refractivity contribution in [2.75, 3.05) is 11.4 Å². The van der Waals surface area contributed by atoms with E-state index in [0.29, 0.717) is 16.8 Å². The molecule has 0 bridgehead atoms. The van der Waals surface area contributed by atoms with Crippen molar-refractivity contribution >= 4 is 26.6 Å². The van der Waals surface area contributed by atoms with Crippen molar-refractivity contribution < 1.29 is 8.42 Å². The molecule has 0 fully saturated rings. The van der Waals surface area contributed by atoms with Crippen LogP contribution in [0.3, 0.4) is 0 Å². The van der Waals surface area contributed by atoms with Crippen LogP contribution in [0.2, 0.25) is 0 Å². The van der Waals surface area contributed by atoms with E-state index in [2.05, 4.69) is 4.98 Å². The number of anilines is 1. The zero-order valence-electron chi connectivity index (χ0n) is 13.0. The molecule has 120 valence electrons. The number of nitrogens with zero attached hydrogens (tertiary/aromatic N) is 3. The highest BCUT2D eigenvalue weighted by Gasteiger charge is 2.21. The normalized spacial score (nSPS) is 11.2. The van der Waals surface area contributed by atoms with Gasteiger partial charge in [-0.3, -0.25) is 9.29 Å². The molecule has 0 aliphatic carbocycles. The second-order valence-electron chi connectivity index (χ2n) is 5.38. The zero-order chi connectivity index (χ0) is 17.2. The molecule has 3 aromatic rings. The van der Waals surface area contributed by atoms with Gasteiger partial charge in [-0.1, -0.05) is 18.2 Å². The summed E-state index contributed by atoms with van der Waals surface area (Å²) in [4.78, 5) is 4.26. The molecule has 0 saturated heterocycles. The Bertz CT molecular complexity index is 1030. The molecule has 24 heavy (non-hydrogen) atoms. The summed E-state index contributed by atoms with van der Waals surface area (Å²) in [7, 11) is -2.05. The molecule has 0 radical (unpaired) electrons. The van der Waals surface area contributed by atoms with Gasteiger partial charge in [0.25, 0.3) is 0 Å². The number of sulfonamides is 1. The molecule has 0 saturated carbocycles. The van der Waals surface area contributed by atoms with Gasteiger partial charge in [0.05, 0.1) is 28.6 Å². The van der Waals surface area contributed by atoms with Crippen LogP contribution in [-0.4, -0.2) is 20.4 Å². The van der Waals surface area contributed by atoms with Crippen LogP contribution in [0.5, 0.6) is 0 Å². The van der Waals surface area contributed by atoms with Gasteiger partial charge < -0.3 is 0 Å². The maximum absolute atomic E-state index is 12.8. The summed E-state index contributed by atoms with van der Waals surface area (Å²) in [5.41, 5.74) is 2.35. The lowest BCUT2D eigenvalue weighted by Crippen LogP contribution is -2.28. The van der Waals surface area contributed by atoms with E-state index in [9.17, 15) is 8.42 Å². The Morgan fingerprint density at radius 1 is 1.12 bits per heavy atom. The molecule has 6 heteroatoms. The molecule has 0 aliphatic rings. The molecule has 0 N–H and O–H groups in total. The zero-order valence-corrected chi connectivity index (χ0v) is 13.9. The summed E-state index contributed by atoms with van der Waals surface area (Å²) < 4.78 is 26.8. The minimum atomic E-state index is -3.59. The van der Waals surface area contributed by atoms with Crippen LogP contribution >= 0.6 is 0 Å². The Kier molecular flexibility index (Phi) is 4.19. The lowest BCUT2D eigenvalue weighted by molar-refractivity contribution is 0.593. The highest BCUT2D eigenvalue weighted by atomic mass is 32.2. The number of aromatic nitrogens is 1. The first-order chi connectivity index (χ1) is 11.5. The van der Waals surface area contributed by atoms with Crippen molar-refractivity contribution in [2.24, 2.45) is 0 Å². The van der Waals surface area contributed by atoms with E-state index >= 15 is 0 Å². The first kappa shape index (κ1) is 16.0. The predicted molar refractivity (Wildman–Crippen MR) is 93.9 cm³/mol. The van der Waals surface area contributed by atoms with Gasteiger partial charge in [-0.25, -0.2) is 8.42 Å². The third kappa shape index (κ3) is 3.07. The van der Waals surface area contributed by atoms with Crippen molar-refractivity contribution in [3.05, 3.63) is 71.9 Å². The first-order valence-electron chi connectivity index (χ1n) is 7.31. The van der Waals surface area contributed by atoms with Crippen LogP contribution < -0.4 is 4.31 Å². The van der Waals surface area contributed by atoms with Gasteiger partial charge in [0.15, 0.2) is 0 Å². The minimum absolute atomic E-state index is 0.171. The number of hydrogen-bond acceptors (Lipinski definition) is 4. The van der Waals surface area contributed by atoms with E-state index in [0.717, 1.165) is 10.9 Å². The summed E-state index contributed by atoms with van der Waals surface area (Å²) in [5.74, 6) is -0.171. The standard InChI is InChI=1S/C18H15N3O2S/c1-21(18-9-3-8-17-16(18)7-4-10-20-17)24(22,23)13-15-6-2-5-14(11-15)12-19/h2-11H,13H2,1H3. The fourth-order valence-electron chi connectivity index (χ4n) is 2.55. The van der Waals surface area contributed by atoms with E-state index in [-0.39, 0.29) is 5.75 Å². The highest BCUT2D eigenvalue weighted by molar-refractivity contribution is 7.92. The summed E-state index contributed by atoms with van der Waals surface area (Å²) in [6, 6.07) is 17.7. The molecule has 1 heterocycles. The van der Waals surface area contributed by atoms with Gasteiger partial charge >= 0.3 is 0 Å². The van der Waals surface area contributed by atoms with Gasteiger partial charge in [-0.05, 0) is 42.0 Å². The van der Waals surface area contributed by atoms with Gasteiger partial charge in [0.1, 0.15) is 0 Å². The summed E-state index contributed by atoms with van der Waals surface area (Å²) >= 11 is 0. The molecular formula is C18H15N3O2S. The van der Waals surface area contributed by atoms with Crippen LogP contribution in [0.15, 0.2) is 60.8 Å². The van der Waals surface area contributed by atoms with E-state index in [1.807, 2.05) is 18.2 Å². The van der Waals surface area contributed by atoms with Crippen LogP contribution in [0.4, 0.5) is 5.69 Å². The Balaban J connectivity index is 1.98. The molecular weight excluding hydrogens is 322 g/mol. The molecule has 1 aromatic heterocycles. The van der Waals surface area contributed by atoms with Crippen molar-refractivity contribution in [3.8, 4) is 6.07 Å². The molecule has 5 nitrogen and oxygen atoms in total. The fourth-order valence-corrected chi connectivity index (χ4v) is 3.80. The maximum Gasteiger partial charge on any atom is 0.239 e. The predicted octanol–water partition coefficient (Wildman–Crippen LogP) is 3.07. The number of nitriles is 1. The molecule has 3 rings (SSSR count). The average Bonchev–Trinajstić information content (AvgIpc) is 2.60. The number of pyridine rings is 1. The second kappa shape index (κ2) is 6.30. The third-order valence-electron chi connectivity index (χ3n) is 3.78. The van der Waals surface area contributed by atoms with Crippen LogP contribution in [0.25, 0.3) is 10.9 Å². The highest BCUT2D eigenvalue weighted by Crippen LogP contribution is 2.27. The number of hydrogen-bond donors (Lipinski definition) is 0. The van der Waals surface area contributed by atoms with Crippen molar-refractivity contribution in [2.45, 2.75) is 5.75 Å². The van der Waals surface area contributed by atoms with Crippen molar-refractivity contribution in [1.29, 1.82) is 5.26 Å². The number of rotatable bonds is 4. The van der Waals surface area contributed by atoms with Gasteiger partial charge in [-0.15, -0.1) is 0 Å². The van der Waals surface area contributed by atoms with E-state index in [4.69, 9.17) is 5.26 Å². The molecule has 0 amide bonds. The summed E-state index contributed by atoms with van der Waals surface area (Å²) in [6.07, 6.45) is 1.67. The molecule has 0 atom stereocenters. The topological polar surface area (TPSA) is 74.1 Å². The van der Waals surface area contributed by atoms with Crippen molar-refractivity contribution in [1.82, 2.24) is 4.98 Å². The first-order valence-corrected chi connectivity index (χ1v) is 8.91. The smallest absolute Gasteiger partial charge is 0.239 e. The molecule has 2 aromatic carbocycles. The lowest BCUT2D eigenvalue weighted by atomic mass is 10.2. The monoisotopic (exact) mass is 337 g/mol. The minimum Gasteiger partial charge on any atom is -0.272 e. The number of benzene rings is 2. The second-order valence-corrected chi connectivity index (χ2v) is 7.38. The maximum atomic E-state index is 12.8. The molecule has 0 aliphatic heterocycles. The van der Waals surface area contributed by atoms with Gasteiger partial charge in [0, 0.05) is 18.6 Å². The molecule has 0 unspecified atom stereocenters. The van der Waals surface area contributed by atoms with Crippen LogP contribution in [0.1, 0.15) is 11.1 Å². The van der Waals surface area contributed by atoms with E-state index in [1.54, 1.807) is 48.7 Å². The SMILES string of the molecule is CN(c1cccc2ncccc12)S(=O)(=O)Cc1cccc(C#N)c1. The summed E-state index contributed by atoms with van der Waals surface area (Å²) in [5, 5.41) is 9.72. The van der Waals surface area contributed by atoms with Crippen LogP contribution in [0, 0.1) is 11.3 Å². The quantitative estimate of drug-likeness (QED) is 0.733. The van der Waals surface area contributed by atoms with Gasteiger partial charge in [0.2, 0.25) is 10.0 Å². The third-order valence-corrected chi connectivity index (χ3v) is 5.51.